The van der Waals surface area contributed by atoms with Gasteiger partial charge in [-0.2, -0.15) is 0 Å². The predicted molar refractivity (Wildman–Crippen MR) is 252 cm³/mol. The predicted octanol–water partition coefficient (Wildman–Crippen LogP) is 14.7. The van der Waals surface area contributed by atoms with Crippen LogP contribution in [0.3, 0.4) is 0 Å². The molecule has 59 heavy (non-hydrogen) atoms. The molecule has 2 atom stereocenters. The fourth-order valence-corrected chi connectivity index (χ4v) is 7.14. The van der Waals surface area contributed by atoms with Gasteiger partial charge in [0, 0.05) is 19.6 Å². The maximum absolute atomic E-state index is 12.6. The first-order valence-corrected chi connectivity index (χ1v) is 25.4. The van der Waals surface area contributed by atoms with Crippen molar-refractivity contribution < 1.29 is 32.8 Å². The van der Waals surface area contributed by atoms with Crippen molar-refractivity contribution >= 4 is 13.8 Å². The molecule has 3 N–H and O–H groups in total. The summed E-state index contributed by atoms with van der Waals surface area (Å²) in [6.07, 6.45) is 59.2. The van der Waals surface area contributed by atoms with Gasteiger partial charge in [0.2, 0.25) is 0 Å². The number of carbonyl (C=O) groups is 1. The molecule has 0 fully saturated rings. The first-order valence-electron chi connectivity index (χ1n) is 23.9. The van der Waals surface area contributed by atoms with Crippen molar-refractivity contribution in [2.75, 3.05) is 33.0 Å². The summed E-state index contributed by atoms with van der Waals surface area (Å²) in [4.78, 5) is 22.5. The summed E-state index contributed by atoms with van der Waals surface area (Å²) in [6.45, 7) is 4.78. The molecular weight excluding hydrogens is 758 g/mol. The molecule has 9 heteroatoms. The lowest BCUT2D eigenvalue weighted by Gasteiger charge is -2.20. The van der Waals surface area contributed by atoms with Crippen molar-refractivity contribution in [1.29, 1.82) is 0 Å². The summed E-state index contributed by atoms with van der Waals surface area (Å²) in [5.74, 6) is -0.341. The number of unbranched alkanes of at least 4 members (excludes halogenated alkanes) is 20. The molecule has 0 spiro atoms. The van der Waals surface area contributed by atoms with Gasteiger partial charge in [-0.3, -0.25) is 13.8 Å². The van der Waals surface area contributed by atoms with Crippen molar-refractivity contribution in [2.24, 2.45) is 5.73 Å². The molecule has 0 saturated carbocycles. The zero-order valence-electron chi connectivity index (χ0n) is 38.0. The molecule has 0 aromatic heterocycles. The lowest BCUT2D eigenvalue weighted by Crippen LogP contribution is -2.28. The molecule has 0 heterocycles. The highest BCUT2D eigenvalue weighted by molar-refractivity contribution is 7.47. The Kier molecular flexibility index (Phi) is 45.4. The molecular formula is C50H90NO7P. The molecule has 0 aliphatic heterocycles. The Hall–Kier alpha value is -2.06. The Bertz CT molecular complexity index is 1130. The Morgan fingerprint density at radius 2 is 0.949 bits per heavy atom. The number of esters is 1. The second kappa shape index (κ2) is 47.0. The molecule has 0 aromatic carbocycles. The van der Waals surface area contributed by atoms with Crippen LogP contribution in [-0.2, 0) is 27.9 Å². The number of phosphoric ester groups is 1. The van der Waals surface area contributed by atoms with E-state index in [1.54, 1.807) is 0 Å². The SMILES string of the molecule is CC/C=C\C/C=C\C/C=C\C/C=C\C/C=C\CCCCCCCCCCCC(=O)OC(COCCCCCCCC/C=C\CCCCCCC)COP(=O)(O)OCCN. The van der Waals surface area contributed by atoms with E-state index < -0.39 is 13.9 Å². The largest absolute Gasteiger partial charge is 0.472 e. The molecule has 8 nitrogen and oxygen atoms in total. The van der Waals surface area contributed by atoms with E-state index in [9.17, 15) is 14.3 Å². The van der Waals surface area contributed by atoms with Crippen LogP contribution in [0.15, 0.2) is 72.9 Å². The van der Waals surface area contributed by atoms with Gasteiger partial charge in [-0.15, -0.1) is 0 Å². The maximum Gasteiger partial charge on any atom is 0.472 e. The lowest BCUT2D eigenvalue weighted by atomic mass is 10.1. The Balaban J connectivity index is 3.99. The minimum absolute atomic E-state index is 0.0954. The number of allylic oxidation sites excluding steroid dienone is 12. The number of hydrogen-bond donors (Lipinski definition) is 2. The highest BCUT2D eigenvalue weighted by Gasteiger charge is 2.25. The van der Waals surface area contributed by atoms with E-state index in [0.29, 0.717) is 13.0 Å². The standard InChI is InChI=1S/C50H90NO7P/c1-3-5-7-9-11-13-15-17-19-20-21-22-23-24-25-26-27-28-29-31-33-35-37-39-41-43-50(52)58-49(48-57-59(53,54)56-46-44-51)47-55-45-42-40-38-36-34-32-30-18-16-14-12-10-8-6-4-2/h5,7,11,13,16-19,21-22,24-25,49H,3-4,6,8-10,12,14-15,20,23,26-48,51H2,1-2H3,(H,53,54)/b7-5-,13-11-,18-16-,19-17-,22-21-,25-24-. The zero-order chi connectivity index (χ0) is 43.0. The summed E-state index contributed by atoms with van der Waals surface area (Å²) < 4.78 is 33.5. The van der Waals surface area contributed by atoms with E-state index in [1.807, 2.05) is 0 Å². The third-order valence-electron chi connectivity index (χ3n) is 9.86. The lowest BCUT2D eigenvalue weighted by molar-refractivity contribution is -0.154. The second-order valence-electron chi connectivity index (χ2n) is 15.6. The third kappa shape index (κ3) is 46.9. The normalized spacial score (nSPS) is 14.0. The van der Waals surface area contributed by atoms with E-state index in [-0.39, 0.29) is 32.3 Å². The van der Waals surface area contributed by atoms with Gasteiger partial charge in [0.15, 0.2) is 0 Å². The molecule has 342 valence electrons. The van der Waals surface area contributed by atoms with Crippen LogP contribution < -0.4 is 5.73 Å². The van der Waals surface area contributed by atoms with Crippen molar-refractivity contribution in [3.63, 3.8) is 0 Å². The van der Waals surface area contributed by atoms with Crippen LogP contribution in [0, 0.1) is 0 Å². The van der Waals surface area contributed by atoms with Gasteiger partial charge in [0.05, 0.1) is 19.8 Å². The molecule has 0 amide bonds. The monoisotopic (exact) mass is 848 g/mol. The van der Waals surface area contributed by atoms with E-state index >= 15 is 0 Å². The first-order chi connectivity index (χ1) is 28.9. The summed E-state index contributed by atoms with van der Waals surface area (Å²) in [5.41, 5.74) is 5.38. The van der Waals surface area contributed by atoms with E-state index in [1.165, 1.54) is 109 Å². The van der Waals surface area contributed by atoms with Crippen LogP contribution in [0.5, 0.6) is 0 Å². The van der Waals surface area contributed by atoms with Crippen LogP contribution in [0.25, 0.3) is 0 Å². The minimum atomic E-state index is -4.29. The zero-order valence-corrected chi connectivity index (χ0v) is 38.9. The van der Waals surface area contributed by atoms with Crippen molar-refractivity contribution in [1.82, 2.24) is 0 Å². The Morgan fingerprint density at radius 3 is 1.44 bits per heavy atom. The number of hydrogen-bond acceptors (Lipinski definition) is 7. The quantitative estimate of drug-likeness (QED) is 0.0269. The van der Waals surface area contributed by atoms with Crippen molar-refractivity contribution in [3.05, 3.63) is 72.9 Å². The fourth-order valence-electron chi connectivity index (χ4n) is 6.37. The van der Waals surface area contributed by atoms with Gasteiger partial charge in [-0.25, -0.2) is 4.57 Å². The highest BCUT2D eigenvalue weighted by atomic mass is 31.2. The van der Waals surface area contributed by atoms with Crippen LogP contribution in [-0.4, -0.2) is 49.9 Å². The van der Waals surface area contributed by atoms with Gasteiger partial charge in [0.25, 0.3) is 0 Å². The number of phosphoric acid groups is 1. The molecule has 0 radical (unpaired) electrons. The second-order valence-corrected chi connectivity index (χ2v) is 17.0. The summed E-state index contributed by atoms with van der Waals surface area (Å²) in [6, 6.07) is 0. The molecule has 0 aliphatic rings. The van der Waals surface area contributed by atoms with Crippen molar-refractivity contribution in [3.8, 4) is 0 Å². The van der Waals surface area contributed by atoms with Gasteiger partial charge in [0.1, 0.15) is 6.10 Å². The fraction of sp³-hybridized carbons (Fsp3) is 0.740. The maximum atomic E-state index is 12.6. The number of carbonyl (C=O) groups excluding carboxylic acids is 1. The highest BCUT2D eigenvalue weighted by Crippen LogP contribution is 2.43. The Labute approximate surface area is 363 Å². The van der Waals surface area contributed by atoms with Gasteiger partial charge >= 0.3 is 13.8 Å². The van der Waals surface area contributed by atoms with Gasteiger partial charge in [-0.05, 0) is 83.5 Å². The first kappa shape index (κ1) is 56.9. The molecule has 0 rings (SSSR count). The molecule has 0 saturated heterocycles. The molecule has 2 unspecified atom stereocenters. The smallest absolute Gasteiger partial charge is 0.457 e. The Morgan fingerprint density at radius 1 is 0.525 bits per heavy atom. The number of rotatable bonds is 45. The minimum Gasteiger partial charge on any atom is -0.457 e. The van der Waals surface area contributed by atoms with Crippen LogP contribution in [0.4, 0.5) is 0 Å². The molecule has 0 aliphatic carbocycles. The topological polar surface area (TPSA) is 117 Å². The third-order valence-corrected chi connectivity index (χ3v) is 10.8. The number of nitrogens with two attached hydrogens (primary N) is 1. The van der Waals surface area contributed by atoms with E-state index in [2.05, 4.69) is 86.8 Å². The van der Waals surface area contributed by atoms with E-state index in [4.69, 9.17) is 24.3 Å². The summed E-state index contributed by atoms with van der Waals surface area (Å²) in [7, 11) is -4.29. The summed E-state index contributed by atoms with van der Waals surface area (Å²) >= 11 is 0. The number of ether oxygens (including phenoxy) is 2. The molecule has 0 bridgehead atoms. The van der Waals surface area contributed by atoms with E-state index in [0.717, 1.165) is 70.6 Å². The van der Waals surface area contributed by atoms with Crippen LogP contribution in [0.1, 0.15) is 200 Å². The molecule has 0 aromatic rings. The van der Waals surface area contributed by atoms with Gasteiger partial charge < -0.3 is 20.1 Å². The average Bonchev–Trinajstić information content (AvgIpc) is 3.23. The van der Waals surface area contributed by atoms with Crippen LogP contribution >= 0.6 is 7.82 Å². The van der Waals surface area contributed by atoms with Gasteiger partial charge in [-0.1, -0.05) is 183 Å². The average molecular weight is 848 g/mol. The van der Waals surface area contributed by atoms with Crippen LogP contribution in [0.2, 0.25) is 0 Å². The van der Waals surface area contributed by atoms with Crippen molar-refractivity contribution in [2.45, 2.75) is 206 Å². The summed E-state index contributed by atoms with van der Waals surface area (Å²) in [5, 5.41) is 0.